The molecule has 0 saturated heterocycles. The average molecular weight is 218 g/mol. The molecule has 0 heterocycles. The third kappa shape index (κ3) is 8.20. The van der Waals surface area contributed by atoms with Crippen molar-refractivity contribution in [3.8, 4) is 0 Å². The molecule has 0 aliphatic rings. The molecule has 0 aliphatic carbocycles. The summed E-state index contributed by atoms with van der Waals surface area (Å²) in [4.78, 5) is 11.2. The smallest absolute Gasteiger partial charge is 0.315 e. The normalized spacial score (nSPS) is 10.8. The Labute approximate surface area is 91.5 Å². The van der Waals surface area contributed by atoms with E-state index in [2.05, 4.69) is 10.6 Å². The Bertz CT molecular complexity index is 168. The fourth-order valence-electron chi connectivity index (χ4n) is 1.03. The molecule has 90 valence electrons. The summed E-state index contributed by atoms with van der Waals surface area (Å²) in [6.45, 7) is 9.08. The van der Waals surface area contributed by atoms with Crippen molar-refractivity contribution in [1.82, 2.24) is 10.6 Å². The molecular formula is C10H22N2O3. The predicted octanol–water partition coefficient (Wildman–Crippen LogP) is 1.09. The van der Waals surface area contributed by atoms with Gasteiger partial charge in [-0.25, -0.2) is 4.79 Å². The van der Waals surface area contributed by atoms with Gasteiger partial charge < -0.3 is 20.1 Å². The second-order valence-electron chi connectivity index (χ2n) is 3.35. The van der Waals surface area contributed by atoms with Gasteiger partial charge >= 0.3 is 6.03 Å². The molecule has 0 aromatic heterocycles. The first-order valence-electron chi connectivity index (χ1n) is 5.37. The van der Waals surface area contributed by atoms with Gasteiger partial charge in [-0.15, -0.1) is 0 Å². The van der Waals surface area contributed by atoms with Crippen molar-refractivity contribution >= 4 is 6.03 Å². The Morgan fingerprint density at radius 2 is 1.73 bits per heavy atom. The van der Waals surface area contributed by atoms with E-state index in [1.807, 2.05) is 27.7 Å². The number of amides is 2. The van der Waals surface area contributed by atoms with Crippen LogP contribution in [-0.2, 0) is 9.47 Å². The zero-order valence-corrected chi connectivity index (χ0v) is 10.0. The van der Waals surface area contributed by atoms with Crippen LogP contribution in [0.25, 0.3) is 0 Å². The highest BCUT2D eigenvalue weighted by atomic mass is 16.7. The Morgan fingerprint density at radius 3 is 2.13 bits per heavy atom. The standard InChI is InChI=1S/C10H22N2O3/c1-5-14-9(15-6-2)7-11-10(13)12-8(3)4/h8-9H,5-7H2,1-4H3,(H2,11,12,13). The minimum absolute atomic E-state index is 0.127. The van der Waals surface area contributed by atoms with E-state index in [1.54, 1.807) is 0 Å². The lowest BCUT2D eigenvalue weighted by Gasteiger charge is -2.18. The third-order valence-corrected chi connectivity index (χ3v) is 1.55. The number of carbonyl (C=O) groups is 1. The molecule has 0 aliphatic heterocycles. The summed E-state index contributed by atoms with van der Waals surface area (Å²) < 4.78 is 10.5. The highest BCUT2D eigenvalue weighted by Crippen LogP contribution is 1.93. The largest absolute Gasteiger partial charge is 0.351 e. The molecular weight excluding hydrogens is 196 g/mol. The summed E-state index contributed by atoms with van der Waals surface area (Å²) in [5.74, 6) is 0. The zero-order chi connectivity index (χ0) is 11.7. The Balaban J connectivity index is 3.72. The van der Waals surface area contributed by atoms with Crippen molar-refractivity contribution in [3.63, 3.8) is 0 Å². The van der Waals surface area contributed by atoms with E-state index >= 15 is 0 Å². The maximum absolute atomic E-state index is 11.2. The number of urea groups is 1. The van der Waals surface area contributed by atoms with Gasteiger partial charge in [-0.05, 0) is 27.7 Å². The highest BCUT2D eigenvalue weighted by Gasteiger charge is 2.09. The fraction of sp³-hybridized carbons (Fsp3) is 0.900. The van der Waals surface area contributed by atoms with Gasteiger partial charge in [0.15, 0.2) is 6.29 Å². The summed E-state index contributed by atoms with van der Waals surface area (Å²) in [5.41, 5.74) is 0. The van der Waals surface area contributed by atoms with E-state index < -0.39 is 0 Å². The molecule has 15 heavy (non-hydrogen) atoms. The van der Waals surface area contributed by atoms with Crippen LogP contribution in [0.15, 0.2) is 0 Å². The second-order valence-corrected chi connectivity index (χ2v) is 3.35. The van der Waals surface area contributed by atoms with Crippen LogP contribution in [-0.4, -0.2) is 38.1 Å². The SMILES string of the molecule is CCOC(CNC(=O)NC(C)C)OCC. The van der Waals surface area contributed by atoms with Gasteiger partial charge in [-0.3, -0.25) is 0 Å². The maximum atomic E-state index is 11.2. The molecule has 0 saturated carbocycles. The van der Waals surface area contributed by atoms with Gasteiger partial charge in [-0.2, -0.15) is 0 Å². The fourth-order valence-corrected chi connectivity index (χ4v) is 1.03. The maximum Gasteiger partial charge on any atom is 0.315 e. The Morgan fingerprint density at radius 1 is 1.20 bits per heavy atom. The van der Waals surface area contributed by atoms with Crippen LogP contribution >= 0.6 is 0 Å². The first kappa shape index (κ1) is 14.2. The first-order chi connectivity index (χ1) is 7.10. The number of rotatable bonds is 7. The molecule has 0 aromatic rings. The van der Waals surface area contributed by atoms with Crippen LogP contribution in [0.2, 0.25) is 0 Å². The number of hydrogen-bond acceptors (Lipinski definition) is 3. The molecule has 0 spiro atoms. The molecule has 0 aromatic carbocycles. The molecule has 5 nitrogen and oxygen atoms in total. The van der Waals surface area contributed by atoms with Crippen LogP contribution in [0.4, 0.5) is 4.79 Å². The lowest BCUT2D eigenvalue weighted by molar-refractivity contribution is -0.131. The van der Waals surface area contributed by atoms with E-state index in [9.17, 15) is 4.79 Å². The van der Waals surface area contributed by atoms with Crippen molar-refractivity contribution in [1.29, 1.82) is 0 Å². The first-order valence-corrected chi connectivity index (χ1v) is 5.37. The Hall–Kier alpha value is -0.810. The van der Waals surface area contributed by atoms with Gasteiger partial charge in [0.1, 0.15) is 0 Å². The third-order valence-electron chi connectivity index (χ3n) is 1.55. The molecule has 0 bridgehead atoms. The molecule has 0 radical (unpaired) electrons. The summed E-state index contributed by atoms with van der Waals surface area (Å²) in [5, 5.41) is 5.40. The molecule has 0 rings (SSSR count). The molecule has 0 atom stereocenters. The quantitative estimate of drug-likeness (QED) is 0.629. The molecule has 2 N–H and O–H groups in total. The molecule has 5 heteroatoms. The summed E-state index contributed by atoms with van der Waals surface area (Å²) >= 11 is 0. The highest BCUT2D eigenvalue weighted by molar-refractivity contribution is 5.74. The average Bonchev–Trinajstić information content (AvgIpc) is 2.14. The minimum atomic E-state index is -0.363. The van der Waals surface area contributed by atoms with Crippen LogP contribution in [0, 0.1) is 0 Å². The Kier molecular flexibility index (Phi) is 8.04. The van der Waals surface area contributed by atoms with E-state index in [0.717, 1.165) is 0 Å². The second kappa shape index (κ2) is 8.49. The van der Waals surface area contributed by atoms with Gasteiger partial charge in [0, 0.05) is 19.3 Å². The van der Waals surface area contributed by atoms with Gasteiger partial charge in [0.25, 0.3) is 0 Å². The lowest BCUT2D eigenvalue weighted by atomic mass is 10.4. The topological polar surface area (TPSA) is 59.6 Å². The van der Waals surface area contributed by atoms with Crippen LogP contribution in [0.1, 0.15) is 27.7 Å². The van der Waals surface area contributed by atoms with Gasteiger partial charge in [0.2, 0.25) is 0 Å². The van der Waals surface area contributed by atoms with Crippen molar-refractivity contribution < 1.29 is 14.3 Å². The number of ether oxygens (including phenoxy) is 2. The van der Waals surface area contributed by atoms with E-state index in [1.165, 1.54) is 0 Å². The molecule has 0 fully saturated rings. The zero-order valence-electron chi connectivity index (χ0n) is 10.0. The van der Waals surface area contributed by atoms with Gasteiger partial charge in [0.05, 0.1) is 6.54 Å². The monoisotopic (exact) mass is 218 g/mol. The van der Waals surface area contributed by atoms with Crippen molar-refractivity contribution in [2.24, 2.45) is 0 Å². The van der Waals surface area contributed by atoms with Crippen LogP contribution in [0.5, 0.6) is 0 Å². The van der Waals surface area contributed by atoms with E-state index in [-0.39, 0.29) is 18.4 Å². The van der Waals surface area contributed by atoms with Crippen molar-refractivity contribution in [3.05, 3.63) is 0 Å². The van der Waals surface area contributed by atoms with E-state index in [4.69, 9.17) is 9.47 Å². The van der Waals surface area contributed by atoms with Crippen LogP contribution in [0.3, 0.4) is 0 Å². The minimum Gasteiger partial charge on any atom is -0.351 e. The van der Waals surface area contributed by atoms with E-state index in [0.29, 0.717) is 19.8 Å². The molecule has 0 unspecified atom stereocenters. The summed E-state index contributed by atoms with van der Waals surface area (Å²) in [6.07, 6.45) is -0.363. The molecule has 2 amide bonds. The number of carbonyl (C=O) groups excluding carboxylic acids is 1. The van der Waals surface area contributed by atoms with Crippen molar-refractivity contribution in [2.75, 3.05) is 19.8 Å². The summed E-state index contributed by atoms with van der Waals surface area (Å²) in [6, 6.07) is -0.0722. The van der Waals surface area contributed by atoms with Gasteiger partial charge in [-0.1, -0.05) is 0 Å². The van der Waals surface area contributed by atoms with Crippen molar-refractivity contribution in [2.45, 2.75) is 40.0 Å². The lowest BCUT2D eigenvalue weighted by Crippen LogP contribution is -2.43. The predicted molar refractivity (Wildman–Crippen MR) is 58.7 cm³/mol. The number of nitrogens with one attached hydrogen (secondary N) is 2. The summed E-state index contributed by atoms with van der Waals surface area (Å²) in [7, 11) is 0. The van der Waals surface area contributed by atoms with Crippen LogP contribution < -0.4 is 10.6 Å². The number of hydrogen-bond donors (Lipinski definition) is 2.